The molecule has 2 rings (SSSR count). The van der Waals surface area contributed by atoms with E-state index in [1.165, 1.54) is 0 Å². The third-order valence-corrected chi connectivity index (χ3v) is 3.18. The van der Waals surface area contributed by atoms with E-state index in [0.29, 0.717) is 17.1 Å². The molecule has 1 aromatic carbocycles. The third kappa shape index (κ3) is 3.80. The molecule has 0 aliphatic heterocycles. The zero-order valence-electron chi connectivity index (χ0n) is 11.4. The number of rotatable bonds is 4. The summed E-state index contributed by atoms with van der Waals surface area (Å²) >= 11 is 3.32. The molecule has 0 spiro atoms. The molecular formula is C15H13BrN4O. The van der Waals surface area contributed by atoms with E-state index in [9.17, 15) is 4.79 Å². The van der Waals surface area contributed by atoms with Crippen LogP contribution in [0.1, 0.15) is 23.0 Å². The summed E-state index contributed by atoms with van der Waals surface area (Å²) in [7, 11) is 0. The van der Waals surface area contributed by atoms with Crippen LogP contribution >= 0.6 is 15.9 Å². The van der Waals surface area contributed by atoms with Gasteiger partial charge in [0.05, 0.1) is 11.3 Å². The van der Waals surface area contributed by atoms with Gasteiger partial charge in [0.15, 0.2) is 0 Å². The van der Waals surface area contributed by atoms with Crippen LogP contribution < -0.4 is 10.6 Å². The summed E-state index contributed by atoms with van der Waals surface area (Å²) < 4.78 is 0.783. The van der Waals surface area contributed by atoms with Crippen molar-refractivity contribution in [2.24, 2.45) is 0 Å². The Kier molecular flexibility index (Phi) is 4.90. The van der Waals surface area contributed by atoms with Gasteiger partial charge in [-0.3, -0.25) is 4.79 Å². The van der Waals surface area contributed by atoms with E-state index in [2.05, 4.69) is 31.5 Å². The van der Waals surface area contributed by atoms with Crippen LogP contribution in [0.3, 0.4) is 0 Å². The molecule has 106 valence electrons. The van der Waals surface area contributed by atoms with Crippen molar-refractivity contribution in [3.05, 3.63) is 52.1 Å². The summed E-state index contributed by atoms with van der Waals surface area (Å²) in [5.74, 6) is 0.282. The van der Waals surface area contributed by atoms with Crippen LogP contribution in [0.2, 0.25) is 0 Å². The number of anilines is 2. The molecule has 0 fully saturated rings. The highest BCUT2D eigenvalue weighted by Gasteiger charge is 2.11. The van der Waals surface area contributed by atoms with Crippen LogP contribution in [-0.4, -0.2) is 17.4 Å². The Morgan fingerprint density at radius 3 is 2.90 bits per heavy atom. The average molecular weight is 345 g/mol. The molecule has 1 amide bonds. The molecule has 2 aromatic rings. The van der Waals surface area contributed by atoms with Crippen LogP contribution in [-0.2, 0) is 0 Å². The van der Waals surface area contributed by atoms with Gasteiger partial charge in [-0.25, -0.2) is 4.98 Å². The van der Waals surface area contributed by atoms with Crippen molar-refractivity contribution in [2.75, 3.05) is 17.2 Å². The predicted octanol–water partition coefficient (Wildman–Crippen LogP) is 3.40. The van der Waals surface area contributed by atoms with E-state index < -0.39 is 0 Å². The van der Waals surface area contributed by atoms with Gasteiger partial charge < -0.3 is 10.6 Å². The van der Waals surface area contributed by atoms with E-state index >= 15 is 0 Å². The maximum atomic E-state index is 12.2. The summed E-state index contributed by atoms with van der Waals surface area (Å²) in [6, 6.07) is 12.3. The molecule has 0 unspecified atom stereocenters. The number of nitrogens with zero attached hydrogens (tertiary/aromatic N) is 2. The fraction of sp³-hybridized carbons (Fsp3) is 0.133. The number of benzene rings is 1. The monoisotopic (exact) mass is 344 g/mol. The number of carbonyl (C=O) groups is 1. The number of amides is 1. The van der Waals surface area contributed by atoms with Crippen molar-refractivity contribution in [2.45, 2.75) is 6.92 Å². The van der Waals surface area contributed by atoms with E-state index in [1.54, 1.807) is 36.4 Å². The number of hydrogen-bond donors (Lipinski definition) is 2. The lowest BCUT2D eigenvalue weighted by molar-refractivity contribution is 0.102. The van der Waals surface area contributed by atoms with Crippen molar-refractivity contribution < 1.29 is 4.79 Å². The van der Waals surface area contributed by atoms with Gasteiger partial charge in [0.1, 0.15) is 17.6 Å². The largest absolute Gasteiger partial charge is 0.370 e. The van der Waals surface area contributed by atoms with Gasteiger partial charge in [0, 0.05) is 11.0 Å². The van der Waals surface area contributed by atoms with Crippen LogP contribution in [0, 0.1) is 11.3 Å². The highest BCUT2D eigenvalue weighted by atomic mass is 79.9. The molecule has 21 heavy (non-hydrogen) atoms. The summed E-state index contributed by atoms with van der Waals surface area (Å²) in [4.78, 5) is 16.4. The minimum absolute atomic E-state index is 0.289. The second-order valence-corrected chi connectivity index (χ2v) is 5.11. The standard InChI is InChI=1S/C15H13BrN4O/c1-2-18-14-5-3-4-12(19-14)15(21)20-13-8-11(16)7-6-10(13)9-17/h3-8H,2H2,1H3,(H,18,19)(H,20,21). The SMILES string of the molecule is CCNc1cccc(C(=O)Nc2cc(Br)ccc2C#N)n1. The fourth-order valence-corrected chi connectivity index (χ4v) is 2.11. The van der Waals surface area contributed by atoms with Crippen LogP contribution in [0.15, 0.2) is 40.9 Å². The maximum Gasteiger partial charge on any atom is 0.274 e. The first-order valence-corrected chi connectivity index (χ1v) is 7.15. The summed E-state index contributed by atoms with van der Waals surface area (Å²) in [6.45, 7) is 2.68. The second-order valence-electron chi connectivity index (χ2n) is 4.19. The van der Waals surface area contributed by atoms with E-state index in [4.69, 9.17) is 5.26 Å². The Bertz CT molecular complexity index is 709. The minimum atomic E-state index is -0.357. The van der Waals surface area contributed by atoms with E-state index in [0.717, 1.165) is 11.0 Å². The van der Waals surface area contributed by atoms with Crippen LogP contribution in [0.4, 0.5) is 11.5 Å². The number of carbonyl (C=O) groups excluding carboxylic acids is 1. The number of halogens is 1. The van der Waals surface area contributed by atoms with Crippen molar-refractivity contribution in [1.29, 1.82) is 5.26 Å². The Labute approximate surface area is 131 Å². The highest BCUT2D eigenvalue weighted by Crippen LogP contribution is 2.21. The number of nitrogens with one attached hydrogen (secondary N) is 2. The fourth-order valence-electron chi connectivity index (χ4n) is 1.74. The molecule has 0 saturated carbocycles. The highest BCUT2D eigenvalue weighted by molar-refractivity contribution is 9.10. The van der Waals surface area contributed by atoms with Gasteiger partial charge >= 0.3 is 0 Å². The van der Waals surface area contributed by atoms with Crippen molar-refractivity contribution >= 4 is 33.3 Å². The molecule has 0 saturated heterocycles. The van der Waals surface area contributed by atoms with Gasteiger partial charge in [-0.05, 0) is 37.3 Å². The molecule has 0 aliphatic carbocycles. The summed E-state index contributed by atoms with van der Waals surface area (Å²) in [5, 5.41) is 14.8. The van der Waals surface area contributed by atoms with Gasteiger partial charge in [-0.1, -0.05) is 22.0 Å². The molecule has 0 atom stereocenters. The van der Waals surface area contributed by atoms with Crippen molar-refractivity contribution in [3.63, 3.8) is 0 Å². The first-order valence-electron chi connectivity index (χ1n) is 6.36. The summed E-state index contributed by atoms with van der Waals surface area (Å²) in [5.41, 5.74) is 1.14. The third-order valence-electron chi connectivity index (χ3n) is 2.69. The Morgan fingerprint density at radius 2 is 2.19 bits per heavy atom. The van der Waals surface area contributed by atoms with E-state index in [1.807, 2.05) is 13.0 Å². The lowest BCUT2D eigenvalue weighted by Gasteiger charge is -2.08. The first-order chi connectivity index (χ1) is 10.1. The van der Waals surface area contributed by atoms with Crippen LogP contribution in [0.25, 0.3) is 0 Å². The van der Waals surface area contributed by atoms with Gasteiger partial charge in [-0.2, -0.15) is 5.26 Å². The maximum absolute atomic E-state index is 12.2. The van der Waals surface area contributed by atoms with Gasteiger partial charge in [0.2, 0.25) is 0 Å². The molecule has 0 aliphatic rings. The number of nitriles is 1. The van der Waals surface area contributed by atoms with E-state index in [-0.39, 0.29) is 11.6 Å². The lowest BCUT2D eigenvalue weighted by Crippen LogP contribution is -2.15. The molecule has 5 nitrogen and oxygen atoms in total. The molecule has 2 N–H and O–H groups in total. The Morgan fingerprint density at radius 1 is 1.38 bits per heavy atom. The Balaban J connectivity index is 2.24. The van der Waals surface area contributed by atoms with Gasteiger partial charge in [-0.15, -0.1) is 0 Å². The first kappa shape index (κ1) is 15.0. The average Bonchev–Trinajstić information content (AvgIpc) is 2.48. The van der Waals surface area contributed by atoms with Crippen LogP contribution in [0.5, 0.6) is 0 Å². The molecule has 6 heteroatoms. The van der Waals surface area contributed by atoms with Gasteiger partial charge in [0.25, 0.3) is 5.91 Å². The smallest absolute Gasteiger partial charge is 0.274 e. The van der Waals surface area contributed by atoms with Crippen molar-refractivity contribution in [3.8, 4) is 6.07 Å². The number of hydrogen-bond acceptors (Lipinski definition) is 4. The molecular weight excluding hydrogens is 332 g/mol. The molecule has 1 aromatic heterocycles. The number of pyridine rings is 1. The zero-order valence-corrected chi connectivity index (χ0v) is 12.9. The molecule has 0 radical (unpaired) electrons. The normalized spacial score (nSPS) is 9.76. The molecule has 0 bridgehead atoms. The minimum Gasteiger partial charge on any atom is -0.370 e. The number of aromatic nitrogens is 1. The summed E-state index contributed by atoms with van der Waals surface area (Å²) in [6.07, 6.45) is 0. The lowest BCUT2D eigenvalue weighted by atomic mass is 10.2. The molecule has 1 heterocycles. The predicted molar refractivity (Wildman–Crippen MR) is 85.2 cm³/mol. The van der Waals surface area contributed by atoms with Crippen molar-refractivity contribution in [1.82, 2.24) is 4.98 Å². The Hall–Kier alpha value is -2.39. The quantitative estimate of drug-likeness (QED) is 0.890. The topological polar surface area (TPSA) is 77.8 Å². The second kappa shape index (κ2) is 6.86. The zero-order chi connectivity index (χ0) is 15.2.